The molecule has 0 bridgehead atoms. The maximum atomic E-state index is 13.0. The van der Waals surface area contributed by atoms with Crippen LogP contribution in [-0.4, -0.2) is 16.7 Å². The lowest BCUT2D eigenvalue weighted by atomic mass is 10.0. The fourth-order valence-corrected chi connectivity index (χ4v) is 1.62. The summed E-state index contributed by atoms with van der Waals surface area (Å²) in [5, 5.41) is 9.88. The van der Waals surface area contributed by atoms with Gasteiger partial charge >= 0.3 is 0 Å². The van der Waals surface area contributed by atoms with E-state index in [-0.39, 0.29) is 18.3 Å². The first-order valence-corrected chi connectivity index (χ1v) is 4.59. The van der Waals surface area contributed by atoms with Gasteiger partial charge in [-0.1, -0.05) is 6.92 Å². The third-order valence-electron chi connectivity index (χ3n) is 2.48. The number of hydrogen-bond acceptors (Lipinski definition) is 1. The molecule has 2 N–H and O–H groups in total. The van der Waals surface area contributed by atoms with E-state index in [0.29, 0.717) is 0 Å². The van der Waals surface area contributed by atoms with Gasteiger partial charge in [-0.05, 0) is 23.8 Å². The Hall–Kier alpha value is -1.35. The molecule has 0 aliphatic carbocycles. The van der Waals surface area contributed by atoms with Crippen LogP contribution in [0.4, 0.5) is 4.39 Å². The number of aromatic nitrogens is 1. The van der Waals surface area contributed by atoms with E-state index in [1.807, 2.05) is 13.1 Å². The van der Waals surface area contributed by atoms with Crippen molar-refractivity contribution >= 4 is 10.9 Å². The first-order valence-electron chi connectivity index (χ1n) is 4.59. The van der Waals surface area contributed by atoms with Crippen LogP contribution in [0.5, 0.6) is 0 Å². The van der Waals surface area contributed by atoms with E-state index in [1.54, 1.807) is 6.07 Å². The largest absolute Gasteiger partial charge is 0.396 e. The van der Waals surface area contributed by atoms with Crippen molar-refractivity contribution in [2.45, 2.75) is 12.8 Å². The molecule has 0 saturated heterocycles. The molecule has 1 aromatic heterocycles. The number of H-pyrrole nitrogens is 1. The molecule has 1 atom stereocenters. The second-order valence-corrected chi connectivity index (χ2v) is 3.52. The summed E-state index contributed by atoms with van der Waals surface area (Å²) in [5.41, 5.74) is 1.86. The molecule has 0 amide bonds. The number of rotatable bonds is 2. The van der Waals surface area contributed by atoms with E-state index in [2.05, 4.69) is 4.98 Å². The van der Waals surface area contributed by atoms with E-state index in [0.717, 1.165) is 16.5 Å². The average molecular weight is 193 g/mol. The number of fused-ring (bicyclic) bond motifs is 1. The fourth-order valence-electron chi connectivity index (χ4n) is 1.62. The van der Waals surface area contributed by atoms with Gasteiger partial charge in [0.2, 0.25) is 0 Å². The summed E-state index contributed by atoms with van der Waals surface area (Å²) in [7, 11) is 0. The standard InChI is InChI=1S/C11H12FNO/c1-7(6-14)10-5-13-11-3-2-8(12)4-9(10)11/h2-5,7,13-14H,6H2,1H3. The number of aliphatic hydroxyl groups excluding tert-OH is 1. The third kappa shape index (κ3) is 1.40. The maximum absolute atomic E-state index is 13.0. The molecule has 2 nitrogen and oxygen atoms in total. The Balaban J connectivity index is 2.61. The number of halogens is 1. The van der Waals surface area contributed by atoms with E-state index >= 15 is 0 Å². The highest BCUT2D eigenvalue weighted by molar-refractivity contribution is 5.83. The van der Waals surface area contributed by atoms with Crippen molar-refractivity contribution in [1.82, 2.24) is 4.98 Å². The van der Waals surface area contributed by atoms with Gasteiger partial charge in [0.25, 0.3) is 0 Å². The highest BCUT2D eigenvalue weighted by Gasteiger charge is 2.10. The molecule has 14 heavy (non-hydrogen) atoms. The first kappa shape index (κ1) is 9.21. The fraction of sp³-hybridized carbons (Fsp3) is 0.273. The first-order chi connectivity index (χ1) is 6.72. The van der Waals surface area contributed by atoms with Crippen LogP contribution in [0, 0.1) is 5.82 Å². The summed E-state index contributed by atoms with van der Waals surface area (Å²) >= 11 is 0. The molecule has 1 unspecified atom stereocenters. The van der Waals surface area contributed by atoms with Crippen LogP contribution in [0.3, 0.4) is 0 Å². The summed E-state index contributed by atoms with van der Waals surface area (Å²) in [4.78, 5) is 3.05. The summed E-state index contributed by atoms with van der Waals surface area (Å²) in [6.45, 7) is 1.98. The van der Waals surface area contributed by atoms with E-state index in [4.69, 9.17) is 5.11 Å². The van der Waals surface area contributed by atoms with Gasteiger partial charge in [-0.2, -0.15) is 0 Å². The molecule has 0 aliphatic rings. The third-order valence-corrected chi connectivity index (χ3v) is 2.48. The maximum Gasteiger partial charge on any atom is 0.123 e. The van der Waals surface area contributed by atoms with Crippen LogP contribution >= 0.6 is 0 Å². The molecule has 3 heteroatoms. The zero-order chi connectivity index (χ0) is 10.1. The van der Waals surface area contributed by atoms with Crippen LogP contribution in [0.2, 0.25) is 0 Å². The van der Waals surface area contributed by atoms with Crippen molar-refractivity contribution < 1.29 is 9.50 Å². The van der Waals surface area contributed by atoms with Crippen molar-refractivity contribution in [2.75, 3.05) is 6.61 Å². The SMILES string of the molecule is CC(CO)c1c[nH]c2ccc(F)cc12. The number of aliphatic hydroxyl groups is 1. The Morgan fingerprint density at radius 2 is 2.29 bits per heavy atom. The Bertz CT molecular complexity index is 449. The number of benzene rings is 1. The predicted octanol–water partition coefficient (Wildman–Crippen LogP) is 2.40. The quantitative estimate of drug-likeness (QED) is 0.754. The van der Waals surface area contributed by atoms with Crippen LogP contribution in [0.25, 0.3) is 10.9 Å². The molecule has 2 aromatic rings. The van der Waals surface area contributed by atoms with Crippen molar-refractivity contribution in [2.24, 2.45) is 0 Å². The second-order valence-electron chi connectivity index (χ2n) is 3.52. The van der Waals surface area contributed by atoms with Crippen molar-refractivity contribution in [1.29, 1.82) is 0 Å². The van der Waals surface area contributed by atoms with Crippen molar-refractivity contribution in [3.8, 4) is 0 Å². The van der Waals surface area contributed by atoms with E-state index < -0.39 is 0 Å². The molecular formula is C11H12FNO. The van der Waals surface area contributed by atoms with Crippen LogP contribution in [-0.2, 0) is 0 Å². The number of aromatic amines is 1. The molecule has 0 radical (unpaired) electrons. The van der Waals surface area contributed by atoms with Crippen LogP contribution in [0.1, 0.15) is 18.4 Å². The highest BCUT2D eigenvalue weighted by Crippen LogP contribution is 2.25. The molecule has 0 fully saturated rings. The second kappa shape index (κ2) is 3.42. The normalized spacial score (nSPS) is 13.4. The smallest absolute Gasteiger partial charge is 0.123 e. The van der Waals surface area contributed by atoms with Gasteiger partial charge in [-0.3, -0.25) is 0 Å². The molecular weight excluding hydrogens is 181 g/mol. The number of nitrogens with one attached hydrogen (secondary N) is 1. The molecule has 1 aromatic carbocycles. The van der Waals surface area contributed by atoms with Crippen LogP contribution in [0.15, 0.2) is 24.4 Å². The monoisotopic (exact) mass is 193 g/mol. The lowest BCUT2D eigenvalue weighted by Crippen LogP contribution is -1.97. The van der Waals surface area contributed by atoms with Gasteiger partial charge < -0.3 is 10.1 Å². The van der Waals surface area contributed by atoms with Gasteiger partial charge in [0.1, 0.15) is 5.82 Å². The Morgan fingerprint density at radius 3 is 3.00 bits per heavy atom. The summed E-state index contributed by atoms with van der Waals surface area (Å²) in [6, 6.07) is 4.62. The highest BCUT2D eigenvalue weighted by atomic mass is 19.1. The Kier molecular flexibility index (Phi) is 2.25. The van der Waals surface area contributed by atoms with Gasteiger partial charge in [0, 0.05) is 29.6 Å². The Labute approximate surface area is 81.4 Å². The van der Waals surface area contributed by atoms with Crippen molar-refractivity contribution in [3.05, 3.63) is 35.8 Å². The van der Waals surface area contributed by atoms with Gasteiger partial charge in [-0.15, -0.1) is 0 Å². The molecule has 0 saturated carbocycles. The lowest BCUT2D eigenvalue weighted by molar-refractivity contribution is 0.273. The van der Waals surface area contributed by atoms with Gasteiger partial charge in [-0.25, -0.2) is 4.39 Å². The zero-order valence-corrected chi connectivity index (χ0v) is 7.92. The molecule has 74 valence electrons. The topological polar surface area (TPSA) is 36.0 Å². The molecule has 2 rings (SSSR count). The van der Waals surface area contributed by atoms with Crippen molar-refractivity contribution in [3.63, 3.8) is 0 Å². The lowest BCUT2D eigenvalue weighted by Gasteiger charge is -2.05. The van der Waals surface area contributed by atoms with E-state index in [1.165, 1.54) is 12.1 Å². The Morgan fingerprint density at radius 1 is 1.50 bits per heavy atom. The minimum absolute atomic E-state index is 0.0329. The summed E-state index contributed by atoms with van der Waals surface area (Å²) in [5.74, 6) is -0.214. The van der Waals surface area contributed by atoms with Crippen LogP contribution < -0.4 is 0 Å². The molecule has 1 heterocycles. The van der Waals surface area contributed by atoms with Gasteiger partial charge in [0.05, 0.1) is 0 Å². The minimum atomic E-state index is -0.247. The summed E-state index contributed by atoms with van der Waals surface area (Å²) < 4.78 is 13.0. The molecule has 0 aliphatic heterocycles. The average Bonchev–Trinajstić information content (AvgIpc) is 2.59. The zero-order valence-electron chi connectivity index (χ0n) is 7.92. The minimum Gasteiger partial charge on any atom is -0.396 e. The number of hydrogen-bond donors (Lipinski definition) is 2. The summed E-state index contributed by atoms with van der Waals surface area (Å²) in [6.07, 6.45) is 1.82. The molecule has 0 spiro atoms. The van der Waals surface area contributed by atoms with Gasteiger partial charge in [0.15, 0.2) is 0 Å². The predicted molar refractivity (Wildman–Crippen MR) is 53.8 cm³/mol. The van der Waals surface area contributed by atoms with E-state index in [9.17, 15) is 4.39 Å².